The zero-order valence-electron chi connectivity index (χ0n) is 16.5. The lowest BCUT2D eigenvalue weighted by molar-refractivity contribution is -0.137. The first-order valence-electron chi connectivity index (χ1n) is 10.2. The summed E-state index contributed by atoms with van der Waals surface area (Å²) in [5.41, 5.74) is 9.00. The van der Waals surface area contributed by atoms with Crippen LogP contribution >= 0.6 is 0 Å². The Bertz CT molecular complexity index is 1110. The van der Waals surface area contributed by atoms with Crippen LogP contribution in [0.3, 0.4) is 0 Å². The highest BCUT2D eigenvalue weighted by atomic mass is 16.4. The van der Waals surface area contributed by atoms with Crippen LogP contribution in [0.15, 0.2) is 47.0 Å². The molecule has 3 heterocycles. The SMILES string of the molecule is Nc1ncc(C2=CCN(C(=O)C3CCC3)CC2)nc1-c1nnc(-c2ccccc2)o1.[HH]. The highest BCUT2D eigenvalue weighted by Crippen LogP contribution is 2.31. The van der Waals surface area contributed by atoms with Crippen molar-refractivity contribution in [1.29, 1.82) is 0 Å². The van der Waals surface area contributed by atoms with Gasteiger partial charge in [-0.15, -0.1) is 10.2 Å². The van der Waals surface area contributed by atoms with Crippen LogP contribution in [0.25, 0.3) is 28.6 Å². The largest absolute Gasteiger partial charge is 0.414 e. The van der Waals surface area contributed by atoms with Crippen LogP contribution in [0.4, 0.5) is 5.82 Å². The van der Waals surface area contributed by atoms with Gasteiger partial charge in [-0.25, -0.2) is 9.97 Å². The van der Waals surface area contributed by atoms with Gasteiger partial charge in [0, 0.05) is 26.0 Å². The van der Waals surface area contributed by atoms with E-state index in [4.69, 9.17) is 10.2 Å². The molecular weight excluding hydrogens is 380 g/mol. The highest BCUT2D eigenvalue weighted by molar-refractivity contribution is 5.81. The van der Waals surface area contributed by atoms with Gasteiger partial charge in [0.25, 0.3) is 5.89 Å². The van der Waals surface area contributed by atoms with Crippen molar-refractivity contribution in [3.8, 4) is 23.0 Å². The number of anilines is 1. The van der Waals surface area contributed by atoms with E-state index in [0.717, 1.165) is 42.5 Å². The number of rotatable bonds is 4. The number of nitrogens with zero attached hydrogens (tertiary/aromatic N) is 5. The Kier molecular flexibility index (Phi) is 4.74. The van der Waals surface area contributed by atoms with E-state index in [1.807, 2.05) is 41.3 Å². The summed E-state index contributed by atoms with van der Waals surface area (Å²) in [7, 11) is 0. The second-order valence-corrected chi connectivity index (χ2v) is 7.66. The minimum Gasteiger partial charge on any atom is -0.414 e. The molecule has 1 aliphatic heterocycles. The maximum Gasteiger partial charge on any atom is 0.270 e. The molecular formula is C22H24N6O2. The zero-order chi connectivity index (χ0) is 20.5. The smallest absolute Gasteiger partial charge is 0.270 e. The Morgan fingerprint density at radius 2 is 1.97 bits per heavy atom. The molecule has 0 radical (unpaired) electrons. The predicted octanol–water partition coefficient (Wildman–Crippen LogP) is 3.44. The fourth-order valence-corrected chi connectivity index (χ4v) is 3.74. The Morgan fingerprint density at radius 1 is 1.17 bits per heavy atom. The van der Waals surface area contributed by atoms with Crippen LogP contribution in [0.2, 0.25) is 0 Å². The molecule has 0 atom stereocenters. The summed E-state index contributed by atoms with van der Waals surface area (Å²) >= 11 is 0. The van der Waals surface area contributed by atoms with Crippen LogP contribution in [-0.2, 0) is 4.79 Å². The van der Waals surface area contributed by atoms with Gasteiger partial charge in [0.05, 0.1) is 11.9 Å². The minimum absolute atomic E-state index is 0. The van der Waals surface area contributed by atoms with E-state index in [1.165, 1.54) is 0 Å². The number of benzene rings is 1. The van der Waals surface area contributed by atoms with Crippen molar-refractivity contribution in [2.75, 3.05) is 18.8 Å². The van der Waals surface area contributed by atoms with E-state index in [2.05, 4.69) is 20.2 Å². The second-order valence-electron chi connectivity index (χ2n) is 7.66. The number of hydrogen-bond donors (Lipinski definition) is 1. The summed E-state index contributed by atoms with van der Waals surface area (Å²) < 4.78 is 5.80. The third-order valence-electron chi connectivity index (χ3n) is 5.75. The molecule has 30 heavy (non-hydrogen) atoms. The van der Waals surface area contributed by atoms with Gasteiger partial charge in [-0.1, -0.05) is 30.7 Å². The second kappa shape index (κ2) is 7.70. The first-order chi connectivity index (χ1) is 14.7. The Labute approximate surface area is 175 Å². The fraction of sp³-hybridized carbons (Fsp3) is 0.318. The molecule has 1 fully saturated rings. The molecule has 8 nitrogen and oxygen atoms in total. The van der Waals surface area contributed by atoms with E-state index < -0.39 is 0 Å². The molecule has 2 aliphatic rings. The number of carbonyl (C=O) groups excluding carboxylic acids is 1. The van der Waals surface area contributed by atoms with E-state index in [0.29, 0.717) is 24.7 Å². The van der Waals surface area contributed by atoms with Gasteiger partial charge in [-0.2, -0.15) is 0 Å². The minimum atomic E-state index is 0. The van der Waals surface area contributed by atoms with Gasteiger partial charge in [-0.05, 0) is 37.0 Å². The van der Waals surface area contributed by atoms with Gasteiger partial charge in [0.2, 0.25) is 11.8 Å². The summed E-state index contributed by atoms with van der Waals surface area (Å²) in [6.45, 7) is 1.30. The lowest BCUT2D eigenvalue weighted by Crippen LogP contribution is -2.41. The first kappa shape index (κ1) is 18.5. The summed E-state index contributed by atoms with van der Waals surface area (Å²) in [4.78, 5) is 23.3. The molecule has 1 aliphatic carbocycles. The van der Waals surface area contributed by atoms with Crippen LogP contribution in [0.1, 0.15) is 32.8 Å². The molecule has 154 valence electrons. The van der Waals surface area contributed by atoms with Gasteiger partial charge >= 0.3 is 0 Å². The first-order valence-corrected chi connectivity index (χ1v) is 10.2. The Morgan fingerprint density at radius 3 is 2.67 bits per heavy atom. The van der Waals surface area contributed by atoms with Gasteiger partial charge < -0.3 is 15.1 Å². The number of amides is 1. The van der Waals surface area contributed by atoms with Crippen LogP contribution in [-0.4, -0.2) is 44.1 Å². The zero-order valence-corrected chi connectivity index (χ0v) is 16.5. The van der Waals surface area contributed by atoms with E-state index in [-0.39, 0.29) is 25.0 Å². The average Bonchev–Trinajstić information content (AvgIpc) is 3.24. The number of aromatic nitrogens is 4. The third kappa shape index (κ3) is 3.45. The molecule has 1 aromatic carbocycles. The molecule has 2 N–H and O–H groups in total. The summed E-state index contributed by atoms with van der Waals surface area (Å²) in [5.74, 6) is 1.37. The lowest BCUT2D eigenvalue weighted by atomic mass is 9.84. The van der Waals surface area contributed by atoms with Crippen LogP contribution in [0, 0.1) is 5.92 Å². The van der Waals surface area contributed by atoms with Crippen LogP contribution < -0.4 is 5.73 Å². The molecule has 0 spiro atoms. The molecule has 2 aromatic heterocycles. The van der Waals surface area contributed by atoms with Crippen molar-refractivity contribution < 1.29 is 10.6 Å². The van der Waals surface area contributed by atoms with E-state index >= 15 is 0 Å². The quantitative estimate of drug-likeness (QED) is 0.709. The molecule has 0 unspecified atom stereocenters. The van der Waals surface area contributed by atoms with Gasteiger partial charge in [0.1, 0.15) is 0 Å². The number of nitrogens with two attached hydrogens (primary N) is 1. The monoisotopic (exact) mass is 404 g/mol. The van der Waals surface area contributed by atoms with Crippen molar-refractivity contribution in [3.05, 3.63) is 48.3 Å². The van der Waals surface area contributed by atoms with Crippen molar-refractivity contribution in [2.24, 2.45) is 5.92 Å². The fourth-order valence-electron chi connectivity index (χ4n) is 3.74. The van der Waals surface area contributed by atoms with Crippen molar-refractivity contribution in [3.63, 3.8) is 0 Å². The van der Waals surface area contributed by atoms with E-state index in [1.54, 1.807) is 6.20 Å². The molecule has 8 heteroatoms. The lowest BCUT2D eigenvalue weighted by Gasteiger charge is -2.33. The van der Waals surface area contributed by atoms with E-state index in [9.17, 15) is 4.79 Å². The van der Waals surface area contributed by atoms with Crippen molar-refractivity contribution >= 4 is 17.3 Å². The van der Waals surface area contributed by atoms with Crippen molar-refractivity contribution in [1.82, 2.24) is 25.1 Å². The maximum absolute atomic E-state index is 12.5. The summed E-state index contributed by atoms with van der Waals surface area (Å²) in [6.07, 6.45) is 7.64. The highest BCUT2D eigenvalue weighted by Gasteiger charge is 2.30. The molecule has 3 aromatic rings. The van der Waals surface area contributed by atoms with Gasteiger partial charge in [0.15, 0.2) is 11.5 Å². The number of hydrogen-bond acceptors (Lipinski definition) is 7. The number of carbonyl (C=O) groups is 1. The normalized spacial score (nSPS) is 16.8. The number of nitrogen functional groups attached to an aromatic ring is 1. The Hall–Kier alpha value is -3.55. The van der Waals surface area contributed by atoms with Crippen molar-refractivity contribution in [2.45, 2.75) is 25.7 Å². The average molecular weight is 404 g/mol. The van der Waals surface area contributed by atoms with Gasteiger partial charge in [-0.3, -0.25) is 4.79 Å². The summed E-state index contributed by atoms with van der Waals surface area (Å²) in [5, 5.41) is 8.22. The molecule has 0 saturated heterocycles. The topological polar surface area (TPSA) is 111 Å². The molecule has 0 bridgehead atoms. The standard InChI is InChI=1S/C22H22N6O2.H2/c23-19-18(21-27-26-20(30-21)15-5-2-1-3-6-15)25-17(13-24-19)14-9-11-28(12-10-14)22(29)16-7-4-8-16;/h1-3,5-6,9,13,16H,4,7-8,10-12H2,(H2,23,24);1H. The van der Waals surface area contributed by atoms with Crippen LogP contribution in [0.5, 0.6) is 0 Å². The summed E-state index contributed by atoms with van der Waals surface area (Å²) in [6, 6.07) is 9.52. The maximum atomic E-state index is 12.5. The predicted molar refractivity (Wildman–Crippen MR) is 114 cm³/mol. The third-order valence-corrected chi connectivity index (χ3v) is 5.75. The Balaban J connectivity index is 0.00000231. The molecule has 1 amide bonds. The molecule has 5 rings (SSSR count). The molecule has 1 saturated carbocycles.